The van der Waals surface area contributed by atoms with Gasteiger partial charge in [-0.3, -0.25) is 4.79 Å². The maximum absolute atomic E-state index is 12.2. The third kappa shape index (κ3) is 3.31. The van der Waals surface area contributed by atoms with Crippen molar-refractivity contribution in [3.8, 4) is 0 Å². The van der Waals surface area contributed by atoms with E-state index in [2.05, 4.69) is 10.5 Å². The van der Waals surface area contributed by atoms with Crippen LogP contribution >= 0.6 is 0 Å². The van der Waals surface area contributed by atoms with Gasteiger partial charge in [0.2, 0.25) is 0 Å². The number of amides is 1. The van der Waals surface area contributed by atoms with Crippen LogP contribution in [-0.4, -0.2) is 23.0 Å². The van der Waals surface area contributed by atoms with E-state index in [0.717, 1.165) is 25.7 Å². The molecule has 6 heteroatoms. The minimum atomic E-state index is -0.428. The molecule has 0 aromatic carbocycles. The fourth-order valence-electron chi connectivity index (χ4n) is 2.75. The standard InChI is InChI=1S/C14H21N3O3/c1-9-7-11(8-20-9)14(18)16-12(13(15)17-19)10-5-3-2-4-6-10/h7-8,10,12,19H,2-6H2,1H3,(H2,15,17)(H,16,18). The molecule has 1 atom stereocenters. The fraction of sp³-hybridized carbons (Fsp3) is 0.571. The van der Waals surface area contributed by atoms with Crippen LogP contribution in [0.5, 0.6) is 0 Å². The maximum Gasteiger partial charge on any atom is 0.255 e. The summed E-state index contributed by atoms with van der Waals surface area (Å²) in [5.41, 5.74) is 6.19. The Hall–Kier alpha value is -1.98. The van der Waals surface area contributed by atoms with Crippen LogP contribution in [0, 0.1) is 12.8 Å². The number of aryl methyl sites for hydroxylation is 1. The van der Waals surface area contributed by atoms with E-state index < -0.39 is 6.04 Å². The van der Waals surface area contributed by atoms with Gasteiger partial charge in [-0.2, -0.15) is 0 Å². The number of oxime groups is 1. The lowest BCUT2D eigenvalue weighted by Gasteiger charge is -2.29. The van der Waals surface area contributed by atoms with Crippen LogP contribution < -0.4 is 11.1 Å². The Morgan fingerprint density at radius 3 is 2.75 bits per heavy atom. The molecular weight excluding hydrogens is 258 g/mol. The zero-order valence-electron chi connectivity index (χ0n) is 11.6. The van der Waals surface area contributed by atoms with Crippen LogP contribution in [0.15, 0.2) is 21.9 Å². The van der Waals surface area contributed by atoms with Crippen molar-refractivity contribution in [3.63, 3.8) is 0 Å². The van der Waals surface area contributed by atoms with Crippen molar-refractivity contribution in [2.24, 2.45) is 16.8 Å². The summed E-state index contributed by atoms with van der Waals surface area (Å²) in [5.74, 6) is 0.694. The smallest absolute Gasteiger partial charge is 0.255 e. The highest BCUT2D eigenvalue weighted by Crippen LogP contribution is 2.27. The molecule has 0 saturated heterocycles. The Morgan fingerprint density at radius 2 is 2.20 bits per heavy atom. The second-order valence-corrected chi connectivity index (χ2v) is 5.32. The number of nitrogens with one attached hydrogen (secondary N) is 1. The molecule has 1 unspecified atom stereocenters. The predicted octanol–water partition coefficient (Wildman–Crippen LogP) is 2.01. The molecule has 110 valence electrons. The molecule has 0 bridgehead atoms. The van der Waals surface area contributed by atoms with Crippen LogP contribution in [0.2, 0.25) is 0 Å². The second kappa shape index (κ2) is 6.45. The zero-order chi connectivity index (χ0) is 14.5. The summed E-state index contributed by atoms with van der Waals surface area (Å²) < 4.78 is 5.13. The third-order valence-corrected chi connectivity index (χ3v) is 3.83. The van der Waals surface area contributed by atoms with Crippen molar-refractivity contribution < 1.29 is 14.4 Å². The van der Waals surface area contributed by atoms with Crippen LogP contribution in [-0.2, 0) is 0 Å². The van der Waals surface area contributed by atoms with E-state index in [-0.39, 0.29) is 17.7 Å². The van der Waals surface area contributed by atoms with Crippen LogP contribution in [0.4, 0.5) is 0 Å². The van der Waals surface area contributed by atoms with E-state index in [1.165, 1.54) is 12.7 Å². The zero-order valence-corrected chi connectivity index (χ0v) is 11.6. The average molecular weight is 279 g/mol. The molecule has 0 spiro atoms. The molecule has 1 aromatic heterocycles. The number of hydrogen-bond donors (Lipinski definition) is 3. The van der Waals surface area contributed by atoms with Gasteiger partial charge in [-0.15, -0.1) is 0 Å². The predicted molar refractivity (Wildman–Crippen MR) is 74.7 cm³/mol. The molecule has 6 nitrogen and oxygen atoms in total. The first-order valence-corrected chi connectivity index (χ1v) is 6.95. The summed E-state index contributed by atoms with van der Waals surface area (Å²) in [5, 5.41) is 14.8. The molecule has 1 aliphatic rings. The van der Waals surface area contributed by atoms with Crippen LogP contribution in [0.25, 0.3) is 0 Å². The first-order chi connectivity index (χ1) is 9.61. The Morgan fingerprint density at radius 1 is 1.50 bits per heavy atom. The van der Waals surface area contributed by atoms with Crippen molar-refractivity contribution in [1.82, 2.24) is 5.32 Å². The van der Waals surface area contributed by atoms with Crippen LogP contribution in [0.1, 0.15) is 48.2 Å². The van der Waals surface area contributed by atoms with Gasteiger partial charge in [0.25, 0.3) is 5.91 Å². The summed E-state index contributed by atoms with van der Waals surface area (Å²) in [4.78, 5) is 12.2. The van der Waals surface area contributed by atoms with Gasteiger partial charge >= 0.3 is 0 Å². The Bertz CT molecular complexity index is 490. The summed E-state index contributed by atoms with van der Waals surface area (Å²) in [6.07, 6.45) is 6.79. The molecule has 1 fully saturated rings. The molecule has 0 aliphatic heterocycles. The second-order valence-electron chi connectivity index (χ2n) is 5.32. The van der Waals surface area contributed by atoms with Crippen molar-refractivity contribution in [3.05, 3.63) is 23.7 Å². The molecule has 1 heterocycles. The summed E-state index contributed by atoms with van der Waals surface area (Å²) in [6.45, 7) is 1.78. The quantitative estimate of drug-likeness (QED) is 0.339. The molecule has 2 rings (SSSR count). The molecule has 1 saturated carbocycles. The number of rotatable bonds is 4. The van der Waals surface area contributed by atoms with Gasteiger partial charge in [0.1, 0.15) is 12.0 Å². The number of nitrogens with zero attached hydrogens (tertiary/aromatic N) is 1. The minimum Gasteiger partial charge on any atom is -0.469 e. The number of nitrogens with two attached hydrogens (primary N) is 1. The van der Waals surface area contributed by atoms with Crippen molar-refractivity contribution in [2.45, 2.75) is 45.1 Å². The minimum absolute atomic E-state index is 0.0606. The molecule has 0 radical (unpaired) electrons. The van der Waals surface area contributed by atoms with E-state index in [0.29, 0.717) is 11.3 Å². The van der Waals surface area contributed by atoms with Gasteiger partial charge in [-0.1, -0.05) is 24.4 Å². The SMILES string of the molecule is Cc1cc(C(=O)NC(C(N)=NO)C2CCCCC2)co1. The maximum atomic E-state index is 12.2. The van der Waals surface area contributed by atoms with E-state index in [1.807, 2.05) is 0 Å². The van der Waals surface area contributed by atoms with Gasteiger partial charge < -0.3 is 20.7 Å². The summed E-state index contributed by atoms with van der Waals surface area (Å²) in [7, 11) is 0. The van der Waals surface area contributed by atoms with Crippen molar-refractivity contribution >= 4 is 11.7 Å². The van der Waals surface area contributed by atoms with Gasteiger partial charge in [0.05, 0.1) is 11.6 Å². The molecule has 1 aliphatic carbocycles. The summed E-state index contributed by atoms with van der Waals surface area (Å²) in [6, 6.07) is 1.24. The van der Waals surface area contributed by atoms with Crippen molar-refractivity contribution in [2.75, 3.05) is 0 Å². The topological polar surface area (TPSA) is 101 Å². The Labute approximate surface area is 118 Å². The third-order valence-electron chi connectivity index (χ3n) is 3.83. The number of carbonyl (C=O) groups excluding carboxylic acids is 1. The van der Waals surface area contributed by atoms with Gasteiger partial charge in [-0.05, 0) is 31.7 Å². The monoisotopic (exact) mass is 279 g/mol. The number of hydrogen-bond acceptors (Lipinski definition) is 4. The molecule has 1 aromatic rings. The molecule has 4 N–H and O–H groups in total. The van der Waals surface area contributed by atoms with Gasteiger partial charge in [0, 0.05) is 0 Å². The van der Waals surface area contributed by atoms with Gasteiger partial charge in [0.15, 0.2) is 5.84 Å². The van der Waals surface area contributed by atoms with Gasteiger partial charge in [-0.25, -0.2) is 0 Å². The average Bonchev–Trinajstić information content (AvgIpc) is 2.91. The first-order valence-electron chi connectivity index (χ1n) is 6.95. The summed E-state index contributed by atoms with van der Waals surface area (Å²) >= 11 is 0. The Balaban J connectivity index is 2.09. The van der Waals surface area contributed by atoms with E-state index in [4.69, 9.17) is 15.4 Å². The highest BCUT2D eigenvalue weighted by Gasteiger charge is 2.29. The molecular formula is C14H21N3O3. The van der Waals surface area contributed by atoms with E-state index in [9.17, 15) is 4.79 Å². The molecule has 20 heavy (non-hydrogen) atoms. The molecule has 1 amide bonds. The number of amidine groups is 1. The lowest BCUT2D eigenvalue weighted by molar-refractivity contribution is 0.0930. The Kier molecular flexibility index (Phi) is 4.65. The van der Waals surface area contributed by atoms with E-state index in [1.54, 1.807) is 13.0 Å². The first kappa shape index (κ1) is 14.4. The van der Waals surface area contributed by atoms with Crippen LogP contribution in [0.3, 0.4) is 0 Å². The normalized spacial score (nSPS) is 18.8. The van der Waals surface area contributed by atoms with E-state index >= 15 is 0 Å². The lowest BCUT2D eigenvalue weighted by Crippen LogP contribution is -2.49. The number of carbonyl (C=O) groups is 1. The highest BCUT2D eigenvalue weighted by molar-refractivity contribution is 5.98. The fourth-order valence-corrected chi connectivity index (χ4v) is 2.75. The largest absolute Gasteiger partial charge is 0.469 e. The van der Waals surface area contributed by atoms with Crippen molar-refractivity contribution in [1.29, 1.82) is 0 Å². The highest BCUT2D eigenvalue weighted by atomic mass is 16.4. The lowest BCUT2D eigenvalue weighted by atomic mass is 9.83. The number of furan rings is 1.